The Morgan fingerprint density at radius 3 is 2.32 bits per heavy atom. The number of nitriles is 1. The largest absolute Gasteiger partial charge is 0.374 e. The first-order valence-corrected chi connectivity index (χ1v) is 11.5. The van der Waals surface area contributed by atoms with E-state index >= 15 is 0 Å². The molecule has 31 heavy (non-hydrogen) atoms. The van der Waals surface area contributed by atoms with Crippen LogP contribution in [0.2, 0.25) is 0 Å². The molecular weight excluding hydrogens is 408 g/mol. The lowest BCUT2D eigenvalue weighted by Crippen LogP contribution is -2.31. The van der Waals surface area contributed by atoms with E-state index in [9.17, 15) is 14.9 Å². The summed E-state index contributed by atoms with van der Waals surface area (Å²) in [6.07, 6.45) is 5.31. The van der Waals surface area contributed by atoms with Crippen molar-refractivity contribution >= 4 is 39.5 Å². The number of nitrogens with one attached hydrogen (secondary N) is 3. The van der Waals surface area contributed by atoms with Gasteiger partial charge in [0.25, 0.3) is 0 Å². The predicted octanol–water partition coefficient (Wildman–Crippen LogP) is 5.31. The first kappa shape index (κ1) is 22.8. The van der Waals surface area contributed by atoms with Gasteiger partial charge in [0.1, 0.15) is 17.1 Å². The Balaban J connectivity index is 1.63. The molecule has 0 bridgehead atoms. The second-order valence-corrected chi connectivity index (χ2v) is 10.1. The summed E-state index contributed by atoms with van der Waals surface area (Å²) in [5, 5.41) is 19.3. The fourth-order valence-corrected chi connectivity index (χ4v) is 4.70. The molecule has 0 saturated heterocycles. The molecule has 164 valence electrons. The summed E-state index contributed by atoms with van der Waals surface area (Å²) in [6, 6.07) is 9.09. The Morgan fingerprint density at radius 2 is 1.68 bits per heavy atom. The first-order valence-electron chi connectivity index (χ1n) is 10.7. The quantitative estimate of drug-likeness (QED) is 0.551. The van der Waals surface area contributed by atoms with Gasteiger partial charge in [-0.15, -0.1) is 11.3 Å². The van der Waals surface area contributed by atoms with Crippen LogP contribution in [0.5, 0.6) is 0 Å². The third-order valence-electron chi connectivity index (χ3n) is 5.37. The Bertz CT molecular complexity index is 996. The summed E-state index contributed by atoms with van der Waals surface area (Å²) >= 11 is 1.54. The smallest absolute Gasteiger partial charge is 0.247 e. The second-order valence-electron chi connectivity index (χ2n) is 9.02. The van der Waals surface area contributed by atoms with E-state index in [1.54, 1.807) is 19.1 Å². The highest BCUT2D eigenvalue weighted by Crippen LogP contribution is 2.37. The lowest BCUT2D eigenvalue weighted by Gasteiger charge is -2.18. The summed E-state index contributed by atoms with van der Waals surface area (Å²) in [5.74, 6) is -0.235. The van der Waals surface area contributed by atoms with E-state index in [0.717, 1.165) is 36.9 Å². The number of hydrogen-bond donors (Lipinski definition) is 3. The van der Waals surface area contributed by atoms with Crippen LogP contribution >= 0.6 is 11.3 Å². The number of carbonyl (C=O) groups is 2. The average molecular weight is 439 g/mol. The Labute approximate surface area is 188 Å². The fraction of sp³-hybridized carbons (Fsp3) is 0.458. The van der Waals surface area contributed by atoms with E-state index in [4.69, 9.17) is 0 Å². The minimum atomic E-state index is -0.483. The van der Waals surface area contributed by atoms with Gasteiger partial charge in [0.2, 0.25) is 11.8 Å². The molecule has 0 aliphatic heterocycles. The molecule has 1 aromatic carbocycles. The molecule has 7 heteroatoms. The number of hydrogen-bond acceptors (Lipinski definition) is 5. The van der Waals surface area contributed by atoms with E-state index in [2.05, 4.69) is 22.0 Å². The van der Waals surface area contributed by atoms with Gasteiger partial charge in [0.15, 0.2) is 0 Å². The molecule has 2 aromatic rings. The molecule has 6 nitrogen and oxygen atoms in total. The topological polar surface area (TPSA) is 94.0 Å². The number of thiophene rings is 1. The number of benzene rings is 1. The molecule has 0 spiro atoms. The predicted molar refractivity (Wildman–Crippen MR) is 127 cm³/mol. The number of amides is 2. The molecule has 1 unspecified atom stereocenters. The van der Waals surface area contributed by atoms with Crippen LogP contribution < -0.4 is 16.0 Å². The molecule has 0 fully saturated rings. The molecule has 0 radical (unpaired) electrons. The van der Waals surface area contributed by atoms with Crippen LogP contribution in [-0.4, -0.2) is 17.9 Å². The van der Waals surface area contributed by atoms with Gasteiger partial charge in [-0.1, -0.05) is 27.2 Å². The fourth-order valence-electron chi connectivity index (χ4n) is 3.45. The number of aryl methyl sites for hydroxylation is 1. The van der Waals surface area contributed by atoms with Crippen LogP contribution in [0, 0.1) is 16.7 Å². The normalized spacial score (nSPS) is 14.5. The van der Waals surface area contributed by atoms with Gasteiger partial charge in [-0.25, -0.2) is 0 Å². The van der Waals surface area contributed by atoms with Crippen LogP contribution in [0.25, 0.3) is 0 Å². The summed E-state index contributed by atoms with van der Waals surface area (Å²) in [4.78, 5) is 26.1. The van der Waals surface area contributed by atoms with E-state index < -0.39 is 11.5 Å². The average Bonchev–Trinajstić information content (AvgIpc) is 2.87. The zero-order chi connectivity index (χ0) is 22.6. The summed E-state index contributed by atoms with van der Waals surface area (Å²) in [5.41, 5.74) is 2.77. The summed E-state index contributed by atoms with van der Waals surface area (Å²) < 4.78 is 0. The number of nitrogens with zero attached hydrogens (tertiary/aromatic N) is 1. The molecule has 1 aromatic heterocycles. The maximum absolute atomic E-state index is 12.8. The SMILES string of the molecule is CC(Nc1ccc(NC(=O)C(C)(C)C)cc1)C(=O)Nc1sc2c(c1C#N)CCCCC2. The number of anilines is 3. The van der Waals surface area contributed by atoms with Crippen molar-refractivity contribution in [2.75, 3.05) is 16.0 Å². The maximum Gasteiger partial charge on any atom is 0.247 e. The van der Waals surface area contributed by atoms with Gasteiger partial charge in [-0.05, 0) is 62.4 Å². The highest BCUT2D eigenvalue weighted by Gasteiger charge is 2.23. The second kappa shape index (κ2) is 9.52. The molecule has 0 saturated carbocycles. The molecule has 1 aliphatic carbocycles. The van der Waals surface area contributed by atoms with Gasteiger partial charge in [-0.2, -0.15) is 5.26 Å². The van der Waals surface area contributed by atoms with Gasteiger partial charge in [0.05, 0.1) is 5.56 Å². The van der Waals surface area contributed by atoms with Gasteiger partial charge in [-0.3, -0.25) is 9.59 Å². The molecule has 3 rings (SSSR count). The Morgan fingerprint density at radius 1 is 1.03 bits per heavy atom. The van der Waals surface area contributed by atoms with E-state index in [-0.39, 0.29) is 11.8 Å². The van der Waals surface area contributed by atoms with Crippen LogP contribution in [0.1, 0.15) is 63.0 Å². The van der Waals surface area contributed by atoms with Gasteiger partial charge < -0.3 is 16.0 Å². The molecular formula is C24H30N4O2S. The van der Waals surface area contributed by atoms with E-state index in [1.807, 2.05) is 32.9 Å². The maximum atomic E-state index is 12.8. The highest BCUT2D eigenvalue weighted by molar-refractivity contribution is 7.16. The number of fused-ring (bicyclic) bond motifs is 1. The lowest BCUT2D eigenvalue weighted by atomic mass is 9.95. The zero-order valence-electron chi connectivity index (χ0n) is 18.6. The number of rotatable bonds is 5. The minimum absolute atomic E-state index is 0.0522. The van der Waals surface area contributed by atoms with Crippen LogP contribution in [0.4, 0.5) is 16.4 Å². The molecule has 1 heterocycles. The Hall–Kier alpha value is -2.85. The van der Waals surface area contributed by atoms with Crippen molar-refractivity contribution < 1.29 is 9.59 Å². The van der Waals surface area contributed by atoms with Crippen molar-refractivity contribution in [3.63, 3.8) is 0 Å². The molecule has 2 amide bonds. The molecule has 1 atom stereocenters. The van der Waals surface area contributed by atoms with Crippen molar-refractivity contribution in [3.8, 4) is 6.07 Å². The van der Waals surface area contributed by atoms with Crippen LogP contribution in [0.15, 0.2) is 24.3 Å². The van der Waals surface area contributed by atoms with Gasteiger partial charge in [0, 0.05) is 21.7 Å². The van der Waals surface area contributed by atoms with E-state index in [1.165, 1.54) is 22.6 Å². The molecule has 3 N–H and O–H groups in total. The van der Waals surface area contributed by atoms with Crippen LogP contribution in [-0.2, 0) is 22.4 Å². The standard InChI is InChI=1S/C24H30N4O2S/c1-15(26-16-10-12-17(13-11-16)27-23(30)24(2,3)4)21(29)28-22-19(14-25)18-8-6-5-7-9-20(18)31-22/h10-13,15,26H,5-9H2,1-4H3,(H,27,30)(H,28,29). The highest BCUT2D eigenvalue weighted by atomic mass is 32.1. The molecule has 1 aliphatic rings. The third kappa shape index (κ3) is 5.65. The summed E-state index contributed by atoms with van der Waals surface area (Å²) in [6.45, 7) is 7.38. The number of carbonyl (C=O) groups excluding carboxylic acids is 2. The zero-order valence-corrected chi connectivity index (χ0v) is 19.4. The first-order chi connectivity index (χ1) is 14.7. The van der Waals surface area contributed by atoms with E-state index in [0.29, 0.717) is 16.3 Å². The summed E-state index contributed by atoms with van der Waals surface area (Å²) in [7, 11) is 0. The van der Waals surface area contributed by atoms with Crippen molar-refractivity contribution in [1.82, 2.24) is 0 Å². The lowest BCUT2D eigenvalue weighted by molar-refractivity contribution is -0.123. The Kier molecular flexibility index (Phi) is 7.01. The monoisotopic (exact) mass is 438 g/mol. The van der Waals surface area contributed by atoms with Crippen molar-refractivity contribution in [2.45, 2.75) is 65.8 Å². The third-order valence-corrected chi connectivity index (χ3v) is 6.58. The van der Waals surface area contributed by atoms with Gasteiger partial charge >= 0.3 is 0 Å². The minimum Gasteiger partial charge on any atom is -0.374 e. The van der Waals surface area contributed by atoms with Crippen molar-refractivity contribution in [3.05, 3.63) is 40.3 Å². The van der Waals surface area contributed by atoms with Crippen LogP contribution in [0.3, 0.4) is 0 Å². The van der Waals surface area contributed by atoms with Crippen molar-refractivity contribution in [1.29, 1.82) is 5.26 Å². The van der Waals surface area contributed by atoms with Crippen molar-refractivity contribution in [2.24, 2.45) is 5.41 Å².